The summed E-state index contributed by atoms with van der Waals surface area (Å²) >= 11 is 0. The third-order valence-electron chi connectivity index (χ3n) is 3.81. The number of carbonyl (C=O) groups excluding carboxylic acids is 2. The van der Waals surface area contributed by atoms with Gasteiger partial charge in [0.05, 0.1) is 11.6 Å². The Morgan fingerprint density at radius 1 is 1.12 bits per heavy atom. The minimum atomic E-state index is -4.91. The maximum absolute atomic E-state index is 12.9. The largest absolute Gasteiger partial charge is 0.573 e. The Kier molecular flexibility index (Phi) is 5.83. The lowest BCUT2D eigenvalue weighted by Crippen LogP contribution is -2.49. The predicted octanol–water partition coefficient (Wildman–Crippen LogP) is 4.56. The molecule has 8 heteroatoms. The smallest absolute Gasteiger partial charge is 0.444 e. The second-order valence-corrected chi connectivity index (χ2v) is 7.09. The topological polar surface area (TPSA) is 55.8 Å². The fraction of sp³-hybridized carbons (Fsp3) is 0.556. The lowest BCUT2D eigenvalue weighted by Gasteiger charge is -2.36. The summed E-state index contributed by atoms with van der Waals surface area (Å²) < 4.78 is 47.1. The molecule has 26 heavy (non-hydrogen) atoms. The molecule has 1 aliphatic rings. The molecule has 0 N–H and O–H groups in total. The molecule has 0 aromatic heterocycles. The van der Waals surface area contributed by atoms with Gasteiger partial charge >= 0.3 is 12.5 Å². The zero-order valence-corrected chi connectivity index (χ0v) is 14.9. The number of carbonyl (C=O) groups is 2. The first-order valence-electron chi connectivity index (χ1n) is 8.36. The van der Waals surface area contributed by atoms with E-state index in [1.165, 1.54) is 23.1 Å². The lowest BCUT2D eigenvalue weighted by atomic mass is 9.94. The summed E-state index contributed by atoms with van der Waals surface area (Å²) in [7, 11) is 0. The van der Waals surface area contributed by atoms with Crippen molar-refractivity contribution in [2.45, 2.75) is 58.0 Å². The summed E-state index contributed by atoms with van der Waals surface area (Å²) in [6.07, 6.45) is -3.81. The van der Waals surface area contributed by atoms with Crippen molar-refractivity contribution in [2.75, 3.05) is 6.54 Å². The van der Waals surface area contributed by atoms with Crippen molar-refractivity contribution in [3.8, 4) is 5.75 Å². The Morgan fingerprint density at radius 2 is 1.77 bits per heavy atom. The number of para-hydroxylation sites is 1. The number of hydrogen-bond donors (Lipinski definition) is 0. The Bertz CT molecular complexity index is 667. The first-order valence-corrected chi connectivity index (χ1v) is 8.36. The first-order chi connectivity index (χ1) is 12.0. The van der Waals surface area contributed by atoms with E-state index in [1.807, 2.05) is 0 Å². The summed E-state index contributed by atoms with van der Waals surface area (Å²) in [5.74, 6) is -1.16. The van der Waals surface area contributed by atoms with E-state index in [4.69, 9.17) is 4.74 Å². The number of nitrogens with zero attached hydrogens (tertiary/aromatic N) is 1. The number of rotatable bonds is 3. The number of hydrogen-bond acceptors (Lipinski definition) is 4. The van der Waals surface area contributed by atoms with Gasteiger partial charge in [-0.2, -0.15) is 0 Å². The van der Waals surface area contributed by atoms with Crippen molar-refractivity contribution in [2.24, 2.45) is 0 Å². The maximum Gasteiger partial charge on any atom is 0.573 e. The third-order valence-corrected chi connectivity index (χ3v) is 3.81. The molecule has 1 aromatic rings. The van der Waals surface area contributed by atoms with Crippen LogP contribution >= 0.6 is 0 Å². The Labute approximate surface area is 150 Å². The molecule has 144 valence electrons. The van der Waals surface area contributed by atoms with E-state index in [1.54, 1.807) is 20.8 Å². The van der Waals surface area contributed by atoms with E-state index < -0.39 is 35.6 Å². The van der Waals surface area contributed by atoms with Crippen LogP contribution in [-0.4, -0.2) is 41.3 Å². The van der Waals surface area contributed by atoms with E-state index in [0.29, 0.717) is 25.8 Å². The zero-order valence-electron chi connectivity index (χ0n) is 14.9. The molecule has 1 atom stereocenters. The molecule has 1 aliphatic heterocycles. The Hall–Kier alpha value is -2.25. The highest BCUT2D eigenvalue weighted by Crippen LogP contribution is 2.30. The van der Waals surface area contributed by atoms with Crippen LogP contribution < -0.4 is 4.74 Å². The van der Waals surface area contributed by atoms with Gasteiger partial charge < -0.3 is 9.47 Å². The van der Waals surface area contributed by atoms with Crippen molar-refractivity contribution < 1.29 is 32.2 Å². The molecule has 0 radical (unpaired) electrons. The highest BCUT2D eigenvalue weighted by Gasteiger charge is 2.38. The minimum absolute atomic E-state index is 0.203. The maximum atomic E-state index is 12.9. The molecule has 0 bridgehead atoms. The highest BCUT2D eigenvalue weighted by molar-refractivity contribution is 6.03. The van der Waals surface area contributed by atoms with Crippen LogP contribution in [-0.2, 0) is 4.74 Å². The van der Waals surface area contributed by atoms with Crippen molar-refractivity contribution in [3.05, 3.63) is 29.8 Å². The minimum Gasteiger partial charge on any atom is -0.444 e. The fourth-order valence-corrected chi connectivity index (χ4v) is 2.81. The third kappa shape index (κ3) is 5.37. The lowest BCUT2D eigenvalue weighted by molar-refractivity contribution is -0.274. The molecule has 5 nitrogen and oxygen atoms in total. The average molecular weight is 373 g/mol. The number of benzene rings is 1. The predicted molar refractivity (Wildman–Crippen MR) is 88.0 cm³/mol. The van der Waals surface area contributed by atoms with E-state index in [-0.39, 0.29) is 5.56 Å². The molecule has 1 saturated heterocycles. The van der Waals surface area contributed by atoms with Gasteiger partial charge in [-0.1, -0.05) is 12.1 Å². The van der Waals surface area contributed by atoms with Crippen LogP contribution in [0.3, 0.4) is 0 Å². The van der Waals surface area contributed by atoms with Gasteiger partial charge in [0.1, 0.15) is 11.4 Å². The number of ether oxygens (including phenoxy) is 2. The van der Waals surface area contributed by atoms with E-state index in [9.17, 15) is 22.8 Å². The normalized spacial score (nSPS) is 18.4. The second kappa shape index (κ2) is 7.55. The Balaban J connectivity index is 2.28. The summed E-state index contributed by atoms with van der Waals surface area (Å²) in [5.41, 5.74) is -0.940. The Morgan fingerprint density at radius 3 is 2.38 bits per heavy atom. The first kappa shape index (κ1) is 20.1. The number of amides is 1. The van der Waals surface area contributed by atoms with Crippen LogP contribution in [0.2, 0.25) is 0 Å². The van der Waals surface area contributed by atoms with Crippen LogP contribution in [0.25, 0.3) is 0 Å². The van der Waals surface area contributed by atoms with E-state index in [2.05, 4.69) is 4.74 Å². The molecule has 1 unspecified atom stereocenters. The van der Waals surface area contributed by atoms with E-state index >= 15 is 0 Å². The molecule has 0 spiro atoms. The van der Waals surface area contributed by atoms with Gasteiger partial charge in [0.15, 0.2) is 5.78 Å². The summed E-state index contributed by atoms with van der Waals surface area (Å²) in [6, 6.07) is 4.28. The van der Waals surface area contributed by atoms with Crippen LogP contribution in [0.4, 0.5) is 18.0 Å². The zero-order chi connectivity index (χ0) is 19.5. The molecule has 1 amide bonds. The number of piperidine rings is 1. The number of Topliss-reactive ketones (excluding diaryl/α,β-unsaturated/α-hetero) is 1. The van der Waals surface area contributed by atoms with Gasteiger partial charge in [-0.15, -0.1) is 13.2 Å². The van der Waals surface area contributed by atoms with Crippen molar-refractivity contribution in [1.82, 2.24) is 4.90 Å². The van der Waals surface area contributed by atoms with Gasteiger partial charge in [0.25, 0.3) is 0 Å². The van der Waals surface area contributed by atoms with Gasteiger partial charge in [0.2, 0.25) is 0 Å². The van der Waals surface area contributed by atoms with Crippen molar-refractivity contribution >= 4 is 11.9 Å². The number of likely N-dealkylation sites (tertiary alicyclic amines) is 1. The van der Waals surface area contributed by atoms with E-state index in [0.717, 1.165) is 6.07 Å². The van der Waals surface area contributed by atoms with Crippen molar-refractivity contribution in [3.63, 3.8) is 0 Å². The summed E-state index contributed by atoms with van der Waals surface area (Å²) in [6.45, 7) is 5.43. The average Bonchev–Trinajstić information content (AvgIpc) is 2.51. The number of alkyl halides is 3. The SMILES string of the molecule is CC(C)(C)OC(=O)N1CCCCC1C(=O)c1ccccc1OC(F)(F)F. The van der Waals surface area contributed by atoms with Gasteiger partial charge in [-0.05, 0) is 52.2 Å². The molecular formula is C18H22F3NO4. The summed E-state index contributed by atoms with van der Waals surface area (Å²) in [4.78, 5) is 26.6. The monoisotopic (exact) mass is 373 g/mol. The standard InChI is InChI=1S/C18H22F3NO4/c1-17(2,3)26-16(24)22-11-7-6-9-13(22)15(23)12-8-4-5-10-14(12)25-18(19,20)21/h4-5,8,10,13H,6-7,9,11H2,1-3H3. The molecule has 1 fully saturated rings. The molecule has 1 aromatic carbocycles. The molecule has 1 heterocycles. The van der Waals surface area contributed by atoms with Gasteiger partial charge in [0, 0.05) is 6.54 Å². The van der Waals surface area contributed by atoms with Gasteiger partial charge in [-0.25, -0.2) is 4.79 Å². The molecule has 0 aliphatic carbocycles. The van der Waals surface area contributed by atoms with Crippen LogP contribution in [0.1, 0.15) is 50.4 Å². The van der Waals surface area contributed by atoms with Crippen molar-refractivity contribution in [1.29, 1.82) is 0 Å². The van der Waals surface area contributed by atoms with Crippen LogP contribution in [0.5, 0.6) is 5.75 Å². The molecule has 0 saturated carbocycles. The highest BCUT2D eigenvalue weighted by atomic mass is 19.4. The molecular weight excluding hydrogens is 351 g/mol. The van der Waals surface area contributed by atoms with Crippen LogP contribution in [0.15, 0.2) is 24.3 Å². The molecule has 2 rings (SSSR count). The van der Waals surface area contributed by atoms with Crippen LogP contribution in [0, 0.1) is 0 Å². The number of ketones is 1. The summed E-state index contributed by atoms with van der Waals surface area (Å²) in [5, 5.41) is 0. The van der Waals surface area contributed by atoms with Gasteiger partial charge in [-0.3, -0.25) is 9.69 Å². The number of halogens is 3. The second-order valence-electron chi connectivity index (χ2n) is 7.09. The fourth-order valence-electron chi connectivity index (χ4n) is 2.81. The quantitative estimate of drug-likeness (QED) is 0.729.